The molecule has 0 radical (unpaired) electrons. The van der Waals surface area contributed by atoms with Crippen molar-refractivity contribution < 1.29 is 14.4 Å². The molecule has 4 amide bonds. The Morgan fingerprint density at radius 3 is 2.29 bits per heavy atom. The van der Waals surface area contributed by atoms with E-state index < -0.39 is 6.03 Å². The number of imide groups is 1. The molecular formula is C25H23N3O3. The molecule has 0 aromatic heterocycles. The quantitative estimate of drug-likeness (QED) is 0.645. The van der Waals surface area contributed by atoms with Crippen LogP contribution in [0.4, 0.5) is 4.79 Å². The van der Waals surface area contributed by atoms with E-state index in [0.29, 0.717) is 17.7 Å². The summed E-state index contributed by atoms with van der Waals surface area (Å²) in [5.74, 6) is -0.444. The van der Waals surface area contributed by atoms with Crippen molar-refractivity contribution in [2.24, 2.45) is 0 Å². The number of carbonyl (C=O) groups excluding carboxylic acids is 3. The SMILES string of the molecule is O=C(NCc1ccccc1)c1cccc(CN2C(=O)CC(c3ccccc3)NC2=O)c1. The minimum atomic E-state index is -0.427. The molecular weight excluding hydrogens is 390 g/mol. The second kappa shape index (κ2) is 9.26. The van der Waals surface area contributed by atoms with Crippen LogP contribution < -0.4 is 10.6 Å². The molecule has 156 valence electrons. The van der Waals surface area contributed by atoms with Crippen LogP contribution >= 0.6 is 0 Å². The van der Waals surface area contributed by atoms with Gasteiger partial charge in [-0.2, -0.15) is 0 Å². The fraction of sp³-hybridized carbons (Fsp3) is 0.160. The van der Waals surface area contributed by atoms with Gasteiger partial charge in [0.25, 0.3) is 5.91 Å². The van der Waals surface area contributed by atoms with Crippen LogP contribution in [0.3, 0.4) is 0 Å². The highest BCUT2D eigenvalue weighted by molar-refractivity contribution is 5.97. The Hall–Kier alpha value is -3.93. The highest BCUT2D eigenvalue weighted by Crippen LogP contribution is 2.23. The zero-order valence-corrected chi connectivity index (χ0v) is 17.0. The zero-order chi connectivity index (χ0) is 21.6. The Morgan fingerprint density at radius 2 is 1.58 bits per heavy atom. The molecule has 6 heteroatoms. The van der Waals surface area contributed by atoms with Crippen molar-refractivity contribution in [2.75, 3.05) is 0 Å². The predicted octanol–water partition coefficient (Wildman–Crippen LogP) is 3.80. The van der Waals surface area contributed by atoms with Crippen molar-refractivity contribution in [1.82, 2.24) is 15.5 Å². The summed E-state index contributed by atoms with van der Waals surface area (Å²) in [6, 6.07) is 25.3. The summed E-state index contributed by atoms with van der Waals surface area (Å²) in [6.07, 6.45) is 0.201. The summed E-state index contributed by atoms with van der Waals surface area (Å²) >= 11 is 0. The van der Waals surface area contributed by atoms with Crippen LogP contribution in [0, 0.1) is 0 Å². The minimum Gasteiger partial charge on any atom is -0.348 e. The molecule has 6 nitrogen and oxygen atoms in total. The van der Waals surface area contributed by atoms with Crippen LogP contribution in [-0.4, -0.2) is 22.7 Å². The third-order valence-corrected chi connectivity index (χ3v) is 5.25. The van der Waals surface area contributed by atoms with Gasteiger partial charge >= 0.3 is 6.03 Å². The number of hydrogen-bond acceptors (Lipinski definition) is 3. The van der Waals surface area contributed by atoms with Crippen molar-refractivity contribution in [2.45, 2.75) is 25.6 Å². The average molecular weight is 413 g/mol. The second-order valence-corrected chi connectivity index (χ2v) is 7.47. The molecule has 3 aromatic rings. The van der Waals surface area contributed by atoms with Gasteiger partial charge in [-0.25, -0.2) is 4.79 Å². The van der Waals surface area contributed by atoms with Crippen LogP contribution in [-0.2, 0) is 17.9 Å². The van der Waals surface area contributed by atoms with E-state index in [1.54, 1.807) is 24.3 Å². The molecule has 1 aliphatic heterocycles. The van der Waals surface area contributed by atoms with Crippen LogP contribution in [0.1, 0.15) is 39.5 Å². The van der Waals surface area contributed by atoms with E-state index in [4.69, 9.17) is 0 Å². The smallest absolute Gasteiger partial charge is 0.324 e. The third kappa shape index (κ3) is 4.98. The molecule has 1 unspecified atom stereocenters. The molecule has 1 heterocycles. The van der Waals surface area contributed by atoms with E-state index >= 15 is 0 Å². The molecule has 1 aliphatic rings. The summed E-state index contributed by atoms with van der Waals surface area (Å²) in [7, 11) is 0. The van der Waals surface area contributed by atoms with Crippen molar-refractivity contribution in [1.29, 1.82) is 0 Å². The van der Waals surface area contributed by atoms with Crippen molar-refractivity contribution >= 4 is 17.8 Å². The Morgan fingerprint density at radius 1 is 0.903 bits per heavy atom. The fourth-order valence-corrected chi connectivity index (χ4v) is 3.60. The van der Waals surface area contributed by atoms with Crippen molar-refractivity contribution in [3.63, 3.8) is 0 Å². The fourth-order valence-electron chi connectivity index (χ4n) is 3.60. The van der Waals surface area contributed by atoms with E-state index in [1.807, 2.05) is 60.7 Å². The Balaban J connectivity index is 1.40. The first-order chi connectivity index (χ1) is 15.1. The number of urea groups is 1. The number of nitrogens with zero attached hydrogens (tertiary/aromatic N) is 1. The van der Waals surface area contributed by atoms with Gasteiger partial charge in [0.1, 0.15) is 0 Å². The van der Waals surface area contributed by atoms with E-state index in [-0.39, 0.29) is 30.8 Å². The lowest BCUT2D eigenvalue weighted by Gasteiger charge is -2.31. The van der Waals surface area contributed by atoms with E-state index in [1.165, 1.54) is 4.90 Å². The molecule has 31 heavy (non-hydrogen) atoms. The van der Waals surface area contributed by atoms with Crippen LogP contribution in [0.2, 0.25) is 0 Å². The maximum absolute atomic E-state index is 12.7. The van der Waals surface area contributed by atoms with Gasteiger partial charge in [0.2, 0.25) is 5.91 Å². The molecule has 1 atom stereocenters. The Labute approximate surface area is 180 Å². The maximum Gasteiger partial charge on any atom is 0.324 e. The van der Waals surface area contributed by atoms with Gasteiger partial charge in [0.05, 0.1) is 19.0 Å². The lowest BCUT2D eigenvalue weighted by molar-refractivity contribution is -0.130. The van der Waals surface area contributed by atoms with Crippen LogP contribution in [0.25, 0.3) is 0 Å². The minimum absolute atomic E-state index is 0.117. The standard InChI is InChI=1S/C25H23N3O3/c29-23-15-22(20-11-5-2-6-12-20)27-25(31)28(23)17-19-10-7-13-21(14-19)24(30)26-16-18-8-3-1-4-9-18/h1-14,22H,15-17H2,(H,26,30)(H,27,31). The molecule has 3 aromatic carbocycles. The molecule has 0 spiro atoms. The van der Waals surface area contributed by atoms with Gasteiger partial charge in [0, 0.05) is 12.1 Å². The largest absolute Gasteiger partial charge is 0.348 e. The summed E-state index contributed by atoms with van der Waals surface area (Å²) in [6.45, 7) is 0.545. The summed E-state index contributed by atoms with van der Waals surface area (Å²) in [4.78, 5) is 39.0. The van der Waals surface area contributed by atoms with E-state index in [0.717, 1.165) is 11.1 Å². The lowest BCUT2D eigenvalue weighted by atomic mass is 10.0. The van der Waals surface area contributed by atoms with Gasteiger partial charge in [-0.1, -0.05) is 72.8 Å². The highest BCUT2D eigenvalue weighted by atomic mass is 16.2. The first-order valence-electron chi connectivity index (χ1n) is 10.2. The predicted molar refractivity (Wildman–Crippen MR) is 117 cm³/mol. The molecule has 1 saturated heterocycles. The topological polar surface area (TPSA) is 78.5 Å². The Kier molecular flexibility index (Phi) is 6.08. The molecule has 0 bridgehead atoms. The highest BCUT2D eigenvalue weighted by Gasteiger charge is 2.32. The molecule has 0 aliphatic carbocycles. The number of benzene rings is 3. The summed E-state index contributed by atoms with van der Waals surface area (Å²) < 4.78 is 0. The van der Waals surface area contributed by atoms with Crippen molar-refractivity contribution in [3.05, 3.63) is 107 Å². The number of nitrogens with one attached hydrogen (secondary N) is 2. The normalized spacial score (nSPS) is 16.0. The zero-order valence-electron chi connectivity index (χ0n) is 17.0. The number of amides is 4. The van der Waals surface area contributed by atoms with Gasteiger partial charge in [-0.3, -0.25) is 14.5 Å². The lowest BCUT2D eigenvalue weighted by Crippen LogP contribution is -2.50. The van der Waals surface area contributed by atoms with Gasteiger partial charge in [0.15, 0.2) is 0 Å². The van der Waals surface area contributed by atoms with Gasteiger partial charge < -0.3 is 10.6 Å². The monoisotopic (exact) mass is 413 g/mol. The van der Waals surface area contributed by atoms with Crippen LogP contribution in [0.5, 0.6) is 0 Å². The molecule has 1 fully saturated rings. The molecule has 2 N–H and O–H groups in total. The number of rotatable bonds is 6. The van der Waals surface area contributed by atoms with Crippen molar-refractivity contribution in [3.8, 4) is 0 Å². The van der Waals surface area contributed by atoms with E-state index in [2.05, 4.69) is 10.6 Å². The average Bonchev–Trinajstić information content (AvgIpc) is 2.81. The number of hydrogen-bond donors (Lipinski definition) is 2. The molecule has 0 saturated carbocycles. The summed E-state index contributed by atoms with van der Waals surface area (Å²) in [5.41, 5.74) is 3.12. The van der Waals surface area contributed by atoms with Gasteiger partial charge in [-0.15, -0.1) is 0 Å². The summed E-state index contributed by atoms with van der Waals surface area (Å²) in [5, 5.41) is 5.78. The first-order valence-corrected chi connectivity index (χ1v) is 10.2. The third-order valence-electron chi connectivity index (χ3n) is 5.25. The molecule has 4 rings (SSSR count). The second-order valence-electron chi connectivity index (χ2n) is 7.47. The van der Waals surface area contributed by atoms with Gasteiger partial charge in [-0.05, 0) is 28.8 Å². The number of carbonyl (C=O) groups is 3. The Bertz CT molecular complexity index is 1070. The van der Waals surface area contributed by atoms with Crippen LogP contribution in [0.15, 0.2) is 84.9 Å². The maximum atomic E-state index is 12.7. The van der Waals surface area contributed by atoms with E-state index in [9.17, 15) is 14.4 Å². The first kappa shape index (κ1) is 20.3.